The van der Waals surface area contributed by atoms with Gasteiger partial charge in [0.25, 0.3) is 0 Å². The summed E-state index contributed by atoms with van der Waals surface area (Å²) in [6.07, 6.45) is 4.69. The zero-order valence-electron chi connectivity index (χ0n) is 13.4. The van der Waals surface area contributed by atoms with Gasteiger partial charge in [-0.1, -0.05) is 11.6 Å². The van der Waals surface area contributed by atoms with E-state index in [0.717, 1.165) is 12.0 Å². The fourth-order valence-corrected chi connectivity index (χ4v) is 3.71. The van der Waals surface area contributed by atoms with Gasteiger partial charge >= 0.3 is 0 Å². The molecule has 4 heteroatoms. The SMILES string of the molecule is CO[C@@H]1C(=O)C(C)=C[C@]2(CO2)[C@H]1[C@]1(C)O[C@@H]1CC=C(C)C. The molecule has 0 aromatic heterocycles. The van der Waals surface area contributed by atoms with Crippen LogP contribution in [0.15, 0.2) is 23.3 Å². The predicted molar refractivity (Wildman–Crippen MR) is 79.1 cm³/mol. The van der Waals surface area contributed by atoms with Crippen molar-refractivity contribution in [2.24, 2.45) is 5.92 Å². The first-order valence-corrected chi connectivity index (χ1v) is 7.55. The van der Waals surface area contributed by atoms with Crippen LogP contribution in [0.2, 0.25) is 0 Å². The Balaban J connectivity index is 1.87. The van der Waals surface area contributed by atoms with Crippen molar-refractivity contribution in [2.45, 2.75) is 57.5 Å². The molecular formula is C17H24O4. The summed E-state index contributed by atoms with van der Waals surface area (Å²) in [5.41, 5.74) is 1.30. The van der Waals surface area contributed by atoms with Crippen molar-refractivity contribution in [1.82, 2.24) is 0 Å². The third kappa shape index (κ3) is 2.30. The maximum atomic E-state index is 12.4. The molecule has 2 heterocycles. The predicted octanol–water partition coefficient (Wildman–Crippen LogP) is 2.43. The Bertz CT molecular complexity index is 525. The van der Waals surface area contributed by atoms with Crippen LogP contribution in [0.3, 0.4) is 0 Å². The van der Waals surface area contributed by atoms with Gasteiger partial charge in [-0.15, -0.1) is 0 Å². The fourth-order valence-electron chi connectivity index (χ4n) is 3.71. The van der Waals surface area contributed by atoms with Crippen LogP contribution in [0.4, 0.5) is 0 Å². The normalized spacial score (nSPS) is 44.5. The summed E-state index contributed by atoms with van der Waals surface area (Å²) in [5.74, 6) is -0.0110. The van der Waals surface area contributed by atoms with Gasteiger partial charge in [0.05, 0.1) is 18.6 Å². The number of methoxy groups -OCH3 is 1. The van der Waals surface area contributed by atoms with Crippen molar-refractivity contribution >= 4 is 5.78 Å². The number of Topliss-reactive ketones (excluding diaryl/α,β-unsaturated/α-hetero) is 1. The molecule has 0 radical (unpaired) electrons. The van der Waals surface area contributed by atoms with Crippen LogP contribution in [-0.2, 0) is 19.0 Å². The van der Waals surface area contributed by atoms with Crippen molar-refractivity contribution in [2.75, 3.05) is 13.7 Å². The van der Waals surface area contributed by atoms with Crippen LogP contribution in [0.1, 0.15) is 34.1 Å². The maximum absolute atomic E-state index is 12.4. The van der Waals surface area contributed by atoms with Gasteiger partial charge in [0.15, 0.2) is 5.78 Å². The van der Waals surface area contributed by atoms with E-state index >= 15 is 0 Å². The second-order valence-electron chi connectivity index (χ2n) is 6.88. The van der Waals surface area contributed by atoms with Gasteiger partial charge < -0.3 is 14.2 Å². The van der Waals surface area contributed by atoms with Crippen molar-refractivity contribution in [1.29, 1.82) is 0 Å². The molecule has 116 valence electrons. The molecule has 3 rings (SSSR count). The minimum atomic E-state index is -0.473. The average molecular weight is 292 g/mol. The van der Waals surface area contributed by atoms with Crippen LogP contribution >= 0.6 is 0 Å². The Labute approximate surface area is 126 Å². The second kappa shape index (κ2) is 4.77. The minimum absolute atomic E-state index is 0.0568. The molecule has 4 nitrogen and oxygen atoms in total. The summed E-state index contributed by atoms with van der Waals surface area (Å²) in [6.45, 7) is 8.73. The molecule has 0 amide bonds. The molecule has 2 fully saturated rings. The summed E-state index contributed by atoms with van der Waals surface area (Å²) in [7, 11) is 1.60. The summed E-state index contributed by atoms with van der Waals surface area (Å²) in [4.78, 5) is 12.4. The van der Waals surface area contributed by atoms with E-state index in [1.807, 2.05) is 13.0 Å². The molecule has 0 N–H and O–H groups in total. The lowest BCUT2D eigenvalue weighted by Gasteiger charge is -2.35. The molecule has 0 unspecified atom stereocenters. The van der Waals surface area contributed by atoms with E-state index in [-0.39, 0.29) is 29.0 Å². The van der Waals surface area contributed by atoms with E-state index in [9.17, 15) is 4.79 Å². The highest BCUT2D eigenvalue weighted by Gasteiger charge is 2.71. The standard InChI is InChI=1S/C17H24O4/c1-10(2)6-7-12-16(4,21-12)15-14(19-5)13(18)11(3)8-17(15)9-20-17/h6,8,12,14-15H,7,9H2,1-5H3/t12-,14-,15-,16-,17+/m1/s1. The molecule has 5 atom stereocenters. The Morgan fingerprint density at radius 3 is 2.71 bits per heavy atom. The second-order valence-corrected chi connectivity index (χ2v) is 6.88. The lowest BCUT2D eigenvalue weighted by Crippen LogP contribution is -2.51. The van der Waals surface area contributed by atoms with E-state index in [4.69, 9.17) is 14.2 Å². The Hall–Kier alpha value is -0.970. The molecule has 1 spiro atoms. The van der Waals surface area contributed by atoms with Gasteiger partial charge in [0, 0.05) is 7.11 Å². The zero-order valence-corrected chi connectivity index (χ0v) is 13.4. The highest BCUT2D eigenvalue weighted by molar-refractivity contribution is 6.00. The van der Waals surface area contributed by atoms with Gasteiger partial charge in [0.2, 0.25) is 0 Å². The number of carbonyl (C=O) groups excluding carboxylic acids is 1. The first-order valence-electron chi connectivity index (χ1n) is 7.55. The molecular weight excluding hydrogens is 268 g/mol. The summed E-state index contributed by atoms with van der Waals surface area (Å²) in [5, 5.41) is 0. The molecule has 2 aliphatic heterocycles. The van der Waals surface area contributed by atoms with Gasteiger partial charge in [-0.3, -0.25) is 4.79 Å². The number of hydrogen-bond donors (Lipinski definition) is 0. The summed E-state index contributed by atoms with van der Waals surface area (Å²) in [6, 6.07) is 0. The van der Waals surface area contributed by atoms with Gasteiger partial charge in [0.1, 0.15) is 17.3 Å². The smallest absolute Gasteiger partial charge is 0.187 e. The zero-order chi connectivity index (χ0) is 15.4. The Morgan fingerprint density at radius 1 is 1.52 bits per heavy atom. The topological polar surface area (TPSA) is 51.4 Å². The van der Waals surface area contributed by atoms with Crippen molar-refractivity contribution in [3.63, 3.8) is 0 Å². The van der Waals surface area contributed by atoms with Crippen LogP contribution < -0.4 is 0 Å². The molecule has 0 aromatic rings. The van der Waals surface area contributed by atoms with Gasteiger partial charge in [-0.25, -0.2) is 0 Å². The lowest BCUT2D eigenvalue weighted by atomic mass is 9.70. The number of epoxide rings is 2. The third-order valence-electron chi connectivity index (χ3n) is 5.00. The van der Waals surface area contributed by atoms with E-state index in [1.54, 1.807) is 7.11 Å². The number of carbonyl (C=O) groups is 1. The highest BCUT2D eigenvalue weighted by atomic mass is 16.6. The number of allylic oxidation sites excluding steroid dienone is 1. The van der Waals surface area contributed by atoms with Gasteiger partial charge in [-0.2, -0.15) is 0 Å². The first-order chi connectivity index (χ1) is 9.84. The molecule has 1 aliphatic carbocycles. The Kier molecular flexibility index (Phi) is 3.39. The summed E-state index contributed by atoms with van der Waals surface area (Å²) >= 11 is 0. The number of ether oxygens (including phenoxy) is 3. The number of rotatable bonds is 4. The molecule has 0 bridgehead atoms. The van der Waals surface area contributed by atoms with Crippen molar-refractivity contribution in [3.8, 4) is 0 Å². The molecule has 2 saturated heterocycles. The number of ketones is 1. The first kappa shape index (κ1) is 14.9. The molecule has 21 heavy (non-hydrogen) atoms. The van der Waals surface area contributed by atoms with Crippen LogP contribution in [0.5, 0.6) is 0 Å². The van der Waals surface area contributed by atoms with E-state index in [2.05, 4.69) is 26.8 Å². The molecule has 3 aliphatic rings. The van der Waals surface area contributed by atoms with E-state index in [1.165, 1.54) is 5.57 Å². The monoisotopic (exact) mass is 292 g/mol. The Morgan fingerprint density at radius 2 is 2.19 bits per heavy atom. The quantitative estimate of drug-likeness (QED) is 0.590. The average Bonchev–Trinajstić information content (AvgIpc) is 3.31. The van der Waals surface area contributed by atoms with E-state index < -0.39 is 6.10 Å². The van der Waals surface area contributed by atoms with Crippen LogP contribution in [0, 0.1) is 5.92 Å². The third-order valence-corrected chi connectivity index (χ3v) is 5.00. The number of hydrogen-bond acceptors (Lipinski definition) is 4. The maximum Gasteiger partial charge on any atom is 0.187 e. The van der Waals surface area contributed by atoms with Crippen molar-refractivity contribution in [3.05, 3.63) is 23.3 Å². The van der Waals surface area contributed by atoms with Crippen LogP contribution in [0.25, 0.3) is 0 Å². The van der Waals surface area contributed by atoms with Crippen molar-refractivity contribution < 1.29 is 19.0 Å². The minimum Gasteiger partial charge on any atom is -0.373 e. The molecule has 0 saturated carbocycles. The van der Waals surface area contributed by atoms with Crippen LogP contribution in [-0.4, -0.2) is 42.9 Å². The van der Waals surface area contributed by atoms with Gasteiger partial charge in [-0.05, 0) is 45.8 Å². The van der Waals surface area contributed by atoms with E-state index in [0.29, 0.717) is 6.61 Å². The molecule has 0 aromatic carbocycles. The highest BCUT2D eigenvalue weighted by Crippen LogP contribution is 2.57. The summed E-state index contributed by atoms with van der Waals surface area (Å²) < 4.78 is 17.3. The largest absolute Gasteiger partial charge is 0.373 e. The fraction of sp³-hybridized carbons (Fsp3) is 0.706. The lowest BCUT2D eigenvalue weighted by molar-refractivity contribution is -0.133.